The second-order valence-corrected chi connectivity index (χ2v) is 4.82. The molecular formula is C8H12N2O3S. The lowest BCUT2D eigenvalue weighted by atomic mass is 10.4. The topological polar surface area (TPSA) is 93.3 Å². The van der Waals surface area contributed by atoms with E-state index in [1.807, 2.05) is 0 Å². The van der Waals surface area contributed by atoms with Crippen LogP contribution in [0.5, 0.6) is 0 Å². The monoisotopic (exact) mass is 216 g/mol. The summed E-state index contributed by atoms with van der Waals surface area (Å²) in [5, 5.41) is 8.43. The molecule has 0 saturated carbocycles. The van der Waals surface area contributed by atoms with E-state index in [2.05, 4.69) is 4.98 Å². The van der Waals surface area contributed by atoms with Crippen LogP contribution < -0.4 is 5.73 Å². The molecule has 0 atom stereocenters. The van der Waals surface area contributed by atoms with Crippen molar-refractivity contribution in [1.29, 1.82) is 0 Å². The molecule has 1 aromatic heterocycles. The molecule has 0 spiro atoms. The number of aliphatic hydroxyl groups excluding tert-OH is 1. The Hall–Kier alpha value is -1.14. The van der Waals surface area contributed by atoms with E-state index in [4.69, 9.17) is 10.8 Å². The number of aliphatic hydroxyl groups is 1. The van der Waals surface area contributed by atoms with Gasteiger partial charge in [0.15, 0.2) is 14.9 Å². The fraction of sp³-hybridized carbons (Fsp3) is 0.375. The molecule has 0 aliphatic carbocycles. The molecular weight excluding hydrogens is 204 g/mol. The quantitative estimate of drug-likeness (QED) is 0.728. The summed E-state index contributed by atoms with van der Waals surface area (Å²) in [5.41, 5.74) is 5.62. The summed E-state index contributed by atoms with van der Waals surface area (Å²) in [6, 6.07) is 3.05. The van der Waals surface area contributed by atoms with Gasteiger partial charge in [-0.05, 0) is 18.6 Å². The SMILES string of the molecule is Nc1cccnc1S(=O)(=O)CCCO. The van der Waals surface area contributed by atoms with Gasteiger partial charge >= 0.3 is 0 Å². The molecule has 0 fully saturated rings. The van der Waals surface area contributed by atoms with Gasteiger partial charge in [-0.25, -0.2) is 13.4 Å². The number of nitrogens with two attached hydrogens (primary N) is 1. The Morgan fingerprint density at radius 3 is 2.79 bits per heavy atom. The van der Waals surface area contributed by atoms with Crippen LogP contribution in [0.1, 0.15) is 6.42 Å². The zero-order chi connectivity index (χ0) is 10.6. The van der Waals surface area contributed by atoms with Crippen molar-refractivity contribution in [3.8, 4) is 0 Å². The predicted molar refractivity (Wildman–Crippen MR) is 52.4 cm³/mol. The van der Waals surface area contributed by atoms with Gasteiger partial charge in [-0.1, -0.05) is 0 Å². The van der Waals surface area contributed by atoms with Crippen molar-refractivity contribution in [1.82, 2.24) is 4.98 Å². The second-order valence-electron chi connectivity index (χ2n) is 2.79. The number of hydrogen-bond acceptors (Lipinski definition) is 5. The number of hydrogen-bond donors (Lipinski definition) is 2. The van der Waals surface area contributed by atoms with Crippen molar-refractivity contribution in [2.45, 2.75) is 11.4 Å². The van der Waals surface area contributed by atoms with Crippen LogP contribution >= 0.6 is 0 Å². The third-order valence-corrected chi connectivity index (χ3v) is 3.42. The van der Waals surface area contributed by atoms with Crippen LogP contribution in [-0.4, -0.2) is 30.9 Å². The summed E-state index contributed by atoms with van der Waals surface area (Å²) in [6.07, 6.45) is 1.57. The van der Waals surface area contributed by atoms with Crippen molar-refractivity contribution in [3.05, 3.63) is 18.3 Å². The summed E-state index contributed by atoms with van der Waals surface area (Å²) in [5.74, 6) is -0.134. The van der Waals surface area contributed by atoms with Crippen molar-refractivity contribution in [3.63, 3.8) is 0 Å². The highest BCUT2D eigenvalue weighted by atomic mass is 32.2. The Labute approximate surface area is 82.5 Å². The Morgan fingerprint density at radius 2 is 2.21 bits per heavy atom. The van der Waals surface area contributed by atoms with Gasteiger partial charge in [0, 0.05) is 12.8 Å². The third kappa shape index (κ3) is 2.43. The zero-order valence-corrected chi connectivity index (χ0v) is 8.37. The molecule has 1 rings (SSSR count). The largest absolute Gasteiger partial charge is 0.396 e. The second kappa shape index (κ2) is 4.39. The van der Waals surface area contributed by atoms with E-state index in [0.29, 0.717) is 0 Å². The Kier molecular flexibility index (Phi) is 3.43. The molecule has 78 valence electrons. The molecule has 0 radical (unpaired) electrons. The van der Waals surface area contributed by atoms with Crippen LogP contribution in [0.15, 0.2) is 23.4 Å². The molecule has 0 aromatic carbocycles. The number of rotatable bonds is 4. The van der Waals surface area contributed by atoms with Gasteiger partial charge < -0.3 is 10.8 Å². The summed E-state index contributed by atoms with van der Waals surface area (Å²) >= 11 is 0. The smallest absolute Gasteiger partial charge is 0.197 e. The fourth-order valence-corrected chi connectivity index (χ4v) is 2.37. The van der Waals surface area contributed by atoms with Crippen molar-refractivity contribution in [2.75, 3.05) is 18.1 Å². The van der Waals surface area contributed by atoms with E-state index < -0.39 is 9.84 Å². The number of nitrogen functional groups attached to an aromatic ring is 1. The van der Waals surface area contributed by atoms with Gasteiger partial charge in [0.25, 0.3) is 0 Å². The van der Waals surface area contributed by atoms with Crippen LogP contribution in [-0.2, 0) is 9.84 Å². The number of pyridine rings is 1. The number of anilines is 1. The minimum absolute atomic E-state index is 0.103. The first-order valence-corrected chi connectivity index (χ1v) is 5.77. The summed E-state index contributed by atoms with van der Waals surface area (Å²) in [4.78, 5) is 3.71. The number of sulfone groups is 1. The van der Waals surface area contributed by atoms with E-state index in [-0.39, 0.29) is 29.5 Å². The van der Waals surface area contributed by atoms with Gasteiger partial charge in [-0.15, -0.1) is 0 Å². The molecule has 14 heavy (non-hydrogen) atoms. The van der Waals surface area contributed by atoms with Gasteiger partial charge in [-0.3, -0.25) is 0 Å². The Bertz CT molecular complexity index is 403. The van der Waals surface area contributed by atoms with E-state index in [1.165, 1.54) is 12.3 Å². The first-order valence-electron chi connectivity index (χ1n) is 4.12. The van der Waals surface area contributed by atoms with E-state index in [9.17, 15) is 8.42 Å². The maximum absolute atomic E-state index is 11.6. The highest BCUT2D eigenvalue weighted by Gasteiger charge is 2.17. The molecule has 0 saturated heterocycles. The minimum atomic E-state index is -3.45. The number of aromatic nitrogens is 1. The predicted octanol–water partition coefficient (Wildman–Crippen LogP) is -0.180. The first kappa shape index (κ1) is 10.9. The standard InChI is InChI=1S/C8H12N2O3S/c9-7-3-1-4-10-8(7)14(12,13)6-2-5-11/h1,3-4,11H,2,5-6,9H2. The first-order chi connectivity index (χ1) is 6.58. The molecule has 0 amide bonds. The van der Waals surface area contributed by atoms with Crippen molar-refractivity contribution in [2.24, 2.45) is 0 Å². The van der Waals surface area contributed by atoms with Crippen LogP contribution in [0.25, 0.3) is 0 Å². The van der Waals surface area contributed by atoms with Crippen molar-refractivity contribution >= 4 is 15.5 Å². The van der Waals surface area contributed by atoms with Crippen LogP contribution in [0.3, 0.4) is 0 Å². The maximum Gasteiger partial charge on any atom is 0.197 e. The van der Waals surface area contributed by atoms with E-state index in [0.717, 1.165) is 0 Å². The van der Waals surface area contributed by atoms with Crippen LogP contribution in [0.2, 0.25) is 0 Å². The molecule has 6 heteroatoms. The Morgan fingerprint density at radius 1 is 1.50 bits per heavy atom. The average molecular weight is 216 g/mol. The van der Waals surface area contributed by atoms with E-state index in [1.54, 1.807) is 6.07 Å². The molecule has 3 N–H and O–H groups in total. The molecule has 0 unspecified atom stereocenters. The summed E-state index contributed by atoms with van der Waals surface area (Å²) < 4.78 is 23.1. The molecule has 1 heterocycles. The highest BCUT2D eigenvalue weighted by molar-refractivity contribution is 7.91. The zero-order valence-electron chi connectivity index (χ0n) is 7.55. The maximum atomic E-state index is 11.6. The fourth-order valence-electron chi connectivity index (χ4n) is 1.01. The summed E-state index contributed by atoms with van der Waals surface area (Å²) in [6.45, 7) is -0.161. The third-order valence-electron chi connectivity index (χ3n) is 1.67. The lowest BCUT2D eigenvalue weighted by Gasteiger charge is -2.04. The molecule has 0 bridgehead atoms. The summed E-state index contributed by atoms with van der Waals surface area (Å²) in [7, 11) is -3.45. The molecule has 0 aliphatic heterocycles. The van der Waals surface area contributed by atoms with Gasteiger partial charge in [0.1, 0.15) is 0 Å². The van der Waals surface area contributed by atoms with Gasteiger partial charge in [-0.2, -0.15) is 0 Å². The lowest BCUT2D eigenvalue weighted by molar-refractivity contribution is 0.295. The van der Waals surface area contributed by atoms with Gasteiger partial charge in [0.05, 0.1) is 11.4 Å². The molecule has 1 aromatic rings. The highest BCUT2D eigenvalue weighted by Crippen LogP contribution is 2.15. The minimum Gasteiger partial charge on any atom is -0.396 e. The Balaban J connectivity index is 2.99. The van der Waals surface area contributed by atoms with Gasteiger partial charge in [0.2, 0.25) is 0 Å². The van der Waals surface area contributed by atoms with Crippen LogP contribution in [0.4, 0.5) is 5.69 Å². The van der Waals surface area contributed by atoms with Crippen molar-refractivity contribution < 1.29 is 13.5 Å². The average Bonchev–Trinajstić information content (AvgIpc) is 2.15. The lowest BCUT2D eigenvalue weighted by Crippen LogP contribution is -2.12. The number of nitrogens with zero attached hydrogens (tertiary/aromatic N) is 1. The molecule has 5 nitrogen and oxygen atoms in total. The molecule has 0 aliphatic rings. The van der Waals surface area contributed by atoms with E-state index >= 15 is 0 Å². The van der Waals surface area contributed by atoms with Crippen LogP contribution in [0, 0.1) is 0 Å². The normalized spacial score (nSPS) is 11.5.